The average Bonchev–Trinajstić information content (AvgIpc) is 3.50. The summed E-state index contributed by atoms with van der Waals surface area (Å²) < 4.78 is 5.61. The van der Waals surface area contributed by atoms with Crippen molar-refractivity contribution >= 4 is 17.2 Å². The van der Waals surface area contributed by atoms with Crippen LogP contribution in [0.3, 0.4) is 0 Å². The van der Waals surface area contributed by atoms with E-state index in [2.05, 4.69) is 20.2 Å². The second-order valence-corrected chi connectivity index (χ2v) is 7.82. The fourth-order valence-electron chi connectivity index (χ4n) is 3.53. The van der Waals surface area contributed by atoms with Gasteiger partial charge in [0.1, 0.15) is 10.8 Å². The Morgan fingerprint density at radius 1 is 1.29 bits per heavy atom. The number of aromatic nitrogens is 2. The summed E-state index contributed by atoms with van der Waals surface area (Å²) in [6.45, 7) is 2.68. The van der Waals surface area contributed by atoms with E-state index in [1.165, 1.54) is 12.8 Å². The maximum absolute atomic E-state index is 12.4. The Labute approximate surface area is 168 Å². The summed E-state index contributed by atoms with van der Waals surface area (Å²) in [5, 5.41) is 6.04. The molecule has 28 heavy (non-hydrogen) atoms. The molecule has 1 fully saturated rings. The molecule has 0 aliphatic carbocycles. The van der Waals surface area contributed by atoms with Crippen molar-refractivity contribution < 1.29 is 9.21 Å². The molecule has 1 atom stereocenters. The van der Waals surface area contributed by atoms with Crippen molar-refractivity contribution in [2.45, 2.75) is 31.7 Å². The first-order valence-electron chi connectivity index (χ1n) is 9.68. The highest BCUT2D eigenvalue weighted by Gasteiger charge is 2.25. The van der Waals surface area contributed by atoms with Crippen LogP contribution in [0.2, 0.25) is 0 Å². The second-order valence-electron chi connectivity index (χ2n) is 6.96. The van der Waals surface area contributed by atoms with E-state index >= 15 is 0 Å². The second kappa shape index (κ2) is 9.12. The van der Waals surface area contributed by atoms with E-state index in [1.54, 1.807) is 23.8 Å². The highest BCUT2D eigenvalue weighted by molar-refractivity contribution is 7.13. The van der Waals surface area contributed by atoms with Crippen LogP contribution in [0.25, 0.3) is 10.6 Å². The quantitative estimate of drug-likeness (QED) is 0.629. The highest BCUT2D eigenvalue weighted by Crippen LogP contribution is 2.25. The minimum Gasteiger partial charge on any atom is -0.468 e. The fourth-order valence-corrected chi connectivity index (χ4v) is 4.37. The lowest BCUT2D eigenvalue weighted by atomic mass is 10.2. The molecular weight excluding hydrogens is 372 g/mol. The lowest BCUT2D eigenvalue weighted by Gasteiger charge is -2.26. The third-order valence-electron chi connectivity index (χ3n) is 5.01. The SMILES string of the molecule is O=C(CCc1csc(-c2cccnc2)n1)NCC(c1ccco1)N1CCCC1. The molecule has 0 radical (unpaired) electrons. The van der Waals surface area contributed by atoms with Gasteiger partial charge in [-0.3, -0.25) is 14.7 Å². The zero-order chi connectivity index (χ0) is 19.2. The maximum Gasteiger partial charge on any atom is 0.220 e. The van der Waals surface area contributed by atoms with Gasteiger partial charge in [0.2, 0.25) is 5.91 Å². The van der Waals surface area contributed by atoms with Gasteiger partial charge < -0.3 is 9.73 Å². The molecule has 4 rings (SSSR count). The molecule has 7 heteroatoms. The van der Waals surface area contributed by atoms with Crippen molar-refractivity contribution in [3.8, 4) is 10.6 Å². The van der Waals surface area contributed by atoms with E-state index in [1.807, 2.05) is 35.8 Å². The fraction of sp³-hybridized carbons (Fsp3) is 0.381. The number of hydrogen-bond acceptors (Lipinski definition) is 6. The number of thiazole rings is 1. The Kier molecular flexibility index (Phi) is 6.14. The first-order valence-corrected chi connectivity index (χ1v) is 10.6. The number of likely N-dealkylation sites (tertiary alicyclic amines) is 1. The van der Waals surface area contributed by atoms with Crippen molar-refractivity contribution in [2.24, 2.45) is 0 Å². The number of aryl methyl sites for hydroxylation is 1. The zero-order valence-electron chi connectivity index (χ0n) is 15.7. The van der Waals surface area contributed by atoms with Gasteiger partial charge in [-0.25, -0.2) is 4.98 Å². The summed E-state index contributed by atoms with van der Waals surface area (Å²) in [4.78, 5) is 23.5. The molecule has 146 valence electrons. The van der Waals surface area contributed by atoms with E-state index in [0.717, 1.165) is 35.1 Å². The first kappa shape index (κ1) is 18.8. The molecule has 3 aromatic rings. The molecular formula is C21H24N4O2S. The third-order valence-corrected chi connectivity index (χ3v) is 5.95. The van der Waals surface area contributed by atoms with Gasteiger partial charge in [-0.05, 0) is 56.6 Å². The van der Waals surface area contributed by atoms with Gasteiger partial charge in [-0.1, -0.05) is 0 Å². The Bertz CT molecular complexity index is 873. The van der Waals surface area contributed by atoms with Gasteiger partial charge in [-0.15, -0.1) is 11.3 Å². The molecule has 3 aromatic heterocycles. The Morgan fingerprint density at radius 2 is 2.18 bits per heavy atom. The molecule has 0 bridgehead atoms. The van der Waals surface area contributed by atoms with E-state index in [4.69, 9.17) is 4.42 Å². The molecule has 0 saturated carbocycles. The molecule has 1 N–H and O–H groups in total. The van der Waals surface area contributed by atoms with E-state index in [9.17, 15) is 4.79 Å². The maximum atomic E-state index is 12.4. The van der Waals surface area contributed by atoms with Crippen molar-refractivity contribution in [3.05, 3.63) is 59.8 Å². The summed E-state index contributed by atoms with van der Waals surface area (Å²) >= 11 is 1.59. The summed E-state index contributed by atoms with van der Waals surface area (Å²) in [6.07, 6.45) is 8.73. The third kappa shape index (κ3) is 4.66. The summed E-state index contributed by atoms with van der Waals surface area (Å²) in [5.74, 6) is 0.967. The van der Waals surface area contributed by atoms with E-state index < -0.39 is 0 Å². The van der Waals surface area contributed by atoms with Gasteiger partial charge in [0.05, 0.1) is 18.0 Å². The molecule has 4 heterocycles. The molecule has 1 aliphatic rings. The van der Waals surface area contributed by atoms with Crippen LogP contribution in [-0.4, -0.2) is 40.4 Å². The minimum atomic E-state index is 0.0479. The van der Waals surface area contributed by atoms with Crippen molar-refractivity contribution in [1.29, 1.82) is 0 Å². The van der Waals surface area contributed by atoms with Gasteiger partial charge in [0, 0.05) is 36.3 Å². The summed E-state index contributed by atoms with van der Waals surface area (Å²) in [6, 6.07) is 7.90. The predicted octanol–water partition coefficient (Wildman–Crippen LogP) is 3.68. The van der Waals surface area contributed by atoms with Crippen LogP contribution in [0.15, 0.2) is 52.7 Å². The molecule has 1 amide bonds. The van der Waals surface area contributed by atoms with Gasteiger partial charge in [0.25, 0.3) is 0 Å². The smallest absolute Gasteiger partial charge is 0.220 e. The van der Waals surface area contributed by atoms with Crippen molar-refractivity contribution in [1.82, 2.24) is 20.2 Å². The Balaban J connectivity index is 1.29. The lowest BCUT2D eigenvalue weighted by Crippen LogP contribution is -2.36. The molecule has 0 spiro atoms. The number of hydrogen-bond donors (Lipinski definition) is 1. The predicted molar refractivity (Wildman–Crippen MR) is 109 cm³/mol. The normalized spacial score (nSPS) is 15.6. The zero-order valence-corrected chi connectivity index (χ0v) is 16.5. The largest absolute Gasteiger partial charge is 0.468 e. The lowest BCUT2D eigenvalue weighted by molar-refractivity contribution is -0.121. The number of nitrogens with one attached hydrogen (secondary N) is 1. The standard InChI is InChI=1S/C21H24N4O2S/c26-20(8-7-17-15-28-21(24-17)16-5-3-9-22-13-16)23-14-18(19-6-4-12-27-19)25-10-1-2-11-25/h3-6,9,12-13,15,18H,1-2,7-8,10-11,14H2,(H,23,26). The van der Waals surface area contributed by atoms with Gasteiger partial charge >= 0.3 is 0 Å². The highest BCUT2D eigenvalue weighted by atomic mass is 32.1. The van der Waals surface area contributed by atoms with Crippen LogP contribution in [0.1, 0.15) is 36.8 Å². The van der Waals surface area contributed by atoms with E-state index in [-0.39, 0.29) is 11.9 Å². The van der Waals surface area contributed by atoms with E-state index in [0.29, 0.717) is 19.4 Å². The van der Waals surface area contributed by atoms with Crippen LogP contribution in [0.4, 0.5) is 0 Å². The van der Waals surface area contributed by atoms with Crippen LogP contribution < -0.4 is 5.32 Å². The monoisotopic (exact) mass is 396 g/mol. The molecule has 1 saturated heterocycles. The van der Waals surface area contributed by atoms with Crippen LogP contribution >= 0.6 is 11.3 Å². The summed E-state index contributed by atoms with van der Waals surface area (Å²) in [5.41, 5.74) is 1.95. The number of nitrogens with zero attached hydrogens (tertiary/aromatic N) is 3. The van der Waals surface area contributed by atoms with Gasteiger partial charge in [-0.2, -0.15) is 0 Å². The molecule has 0 aromatic carbocycles. The Hall–Kier alpha value is -2.51. The number of pyridine rings is 1. The summed E-state index contributed by atoms with van der Waals surface area (Å²) in [7, 11) is 0. The number of carbonyl (C=O) groups excluding carboxylic acids is 1. The number of carbonyl (C=O) groups is 1. The number of amides is 1. The number of rotatable bonds is 8. The first-order chi connectivity index (χ1) is 13.8. The molecule has 1 unspecified atom stereocenters. The van der Waals surface area contributed by atoms with Crippen LogP contribution in [0.5, 0.6) is 0 Å². The van der Waals surface area contributed by atoms with Crippen LogP contribution in [-0.2, 0) is 11.2 Å². The van der Waals surface area contributed by atoms with Crippen LogP contribution in [0, 0.1) is 0 Å². The van der Waals surface area contributed by atoms with Gasteiger partial charge in [0.15, 0.2) is 0 Å². The number of furan rings is 1. The average molecular weight is 397 g/mol. The van der Waals surface area contributed by atoms with Crippen molar-refractivity contribution in [3.63, 3.8) is 0 Å². The molecule has 1 aliphatic heterocycles. The van der Waals surface area contributed by atoms with Crippen molar-refractivity contribution in [2.75, 3.05) is 19.6 Å². The topological polar surface area (TPSA) is 71.3 Å². The Morgan fingerprint density at radius 3 is 2.93 bits per heavy atom. The molecule has 6 nitrogen and oxygen atoms in total. The minimum absolute atomic E-state index is 0.0479.